The molecule has 3 atom stereocenters. The molecule has 6 nitrogen and oxygen atoms in total. The molecule has 0 radical (unpaired) electrons. The molecule has 2 aliphatic rings. The van der Waals surface area contributed by atoms with Crippen molar-refractivity contribution in [3.63, 3.8) is 0 Å². The molecule has 9 heteroatoms. The van der Waals surface area contributed by atoms with Crippen molar-refractivity contribution < 1.29 is 16.8 Å². The second-order valence-electron chi connectivity index (χ2n) is 9.66. The molecule has 190 valence electrons. The van der Waals surface area contributed by atoms with E-state index in [4.69, 9.17) is 0 Å². The minimum atomic E-state index is -3.78. The number of fused-ring (bicyclic) bond motifs is 1. The van der Waals surface area contributed by atoms with Crippen molar-refractivity contribution >= 4 is 36.0 Å². The van der Waals surface area contributed by atoms with Crippen LogP contribution in [0.1, 0.15) is 35.6 Å². The lowest BCUT2D eigenvalue weighted by Crippen LogP contribution is -2.50. The molecule has 3 aromatic rings. The number of nitrogens with zero attached hydrogens (tertiary/aromatic N) is 2. The summed E-state index contributed by atoms with van der Waals surface area (Å²) < 4.78 is 59.0. The summed E-state index contributed by atoms with van der Waals surface area (Å²) in [6.07, 6.45) is 1.05. The van der Waals surface area contributed by atoms with Crippen LogP contribution in [-0.2, 0) is 20.0 Å². The Kier molecular flexibility index (Phi) is 6.89. The first-order valence-electron chi connectivity index (χ1n) is 12.0. The molecule has 5 rings (SSSR count). The standard InChI is InChI=1S/C27H29BrN2O4S2/c1-19-3-11-23(12-4-19)35(31,32)29-17-15-25-26(29)16-18-30(27(25)21-7-9-22(28)10-8-21)36(33,34)24-13-5-20(2)6-14-24/h3-14,25-27H,15-18H2,1-2H3/t25-,26+,27+/m1/s1. The van der Waals surface area contributed by atoms with Gasteiger partial charge in [0, 0.05) is 23.6 Å². The van der Waals surface area contributed by atoms with Crippen LogP contribution < -0.4 is 0 Å². The molecule has 0 bridgehead atoms. The molecule has 36 heavy (non-hydrogen) atoms. The Morgan fingerprint density at radius 3 is 1.67 bits per heavy atom. The molecule has 2 saturated heterocycles. The van der Waals surface area contributed by atoms with E-state index in [-0.39, 0.29) is 28.3 Å². The molecule has 0 spiro atoms. The third-order valence-corrected chi connectivity index (χ3v) is 11.7. The van der Waals surface area contributed by atoms with Crippen molar-refractivity contribution in [2.24, 2.45) is 5.92 Å². The topological polar surface area (TPSA) is 74.8 Å². The van der Waals surface area contributed by atoms with E-state index in [0.717, 1.165) is 21.2 Å². The van der Waals surface area contributed by atoms with Gasteiger partial charge in [0.25, 0.3) is 0 Å². The maximum Gasteiger partial charge on any atom is 0.243 e. The first kappa shape index (κ1) is 25.6. The zero-order valence-corrected chi connectivity index (χ0v) is 23.4. The fourth-order valence-corrected chi connectivity index (χ4v) is 9.17. The third-order valence-electron chi connectivity index (χ3n) is 7.37. The molecule has 0 N–H and O–H groups in total. The van der Waals surface area contributed by atoms with Crippen LogP contribution in [0, 0.1) is 19.8 Å². The van der Waals surface area contributed by atoms with Crippen LogP contribution in [0.4, 0.5) is 0 Å². The minimum Gasteiger partial charge on any atom is -0.207 e. The first-order chi connectivity index (χ1) is 17.1. The lowest BCUT2D eigenvalue weighted by Gasteiger charge is -2.43. The minimum absolute atomic E-state index is 0.152. The molecular formula is C27H29BrN2O4S2. The number of aryl methyl sites for hydroxylation is 2. The smallest absolute Gasteiger partial charge is 0.207 e. The van der Waals surface area contributed by atoms with Crippen LogP contribution in [0.3, 0.4) is 0 Å². The average molecular weight is 590 g/mol. The van der Waals surface area contributed by atoms with Crippen LogP contribution in [0.15, 0.2) is 87.1 Å². The van der Waals surface area contributed by atoms with Crippen molar-refractivity contribution in [2.75, 3.05) is 13.1 Å². The molecule has 0 saturated carbocycles. The summed E-state index contributed by atoms with van der Waals surface area (Å²) in [4.78, 5) is 0.541. The van der Waals surface area contributed by atoms with Crippen LogP contribution in [-0.4, -0.2) is 44.6 Å². The molecule has 0 amide bonds. The van der Waals surface area contributed by atoms with Gasteiger partial charge in [-0.3, -0.25) is 0 Å². The second-order valence-corrected chi connectivity index (χ2v) is 14.4. The summed E-state index contributed by atoms with van der Waals surface area (Å²) in [7, 11) is -7.47. The highest BCUT2D eigenvalue weighted by Crippen LogP contribution is 2.47. The summed E-state index contributed by atoms with van der Waals surface area (Å²) >= 11 is 3.47. The van der Waals surface area contributed by atoms with Crippen molar-refractivity contribution in [3.05, 3.63) is 94.0 Å². The molecule has 0 aromatic heterocycles. The van der Waals surface area contributed by atoms with Crippen molar-refractivity contribution in [3.8, 4) is 0 Å². The molecule has 2 heterocycles. The molecule has 0 unspecified atom stereocenters. The highest BCUT2D eigenvalue weighted by molar-refractivity contribution is 9.10. The Morgan fingerprint density at radius 1 is 0.667 bits per heavy atom. The normalized spacial score (nSPS) is 23.5. The van der Waals surface area contributed by atoms with Gasteiger partial charge < -0.3 is 0 Å². The van der Waals surface area contributed by atoms with Gasteiger partial charge in [-0.2, -0.15) is 8.61 Å². The summed E-state index contributed by atoms with van der Waals surface area (Å²) in [5, 5.41) is 0. The SMILES string of the molecule is Cc1ccc(S(=O)(=O)N2CC[C@@H]3[C@@H]2CCN(S(=O)(=O)c2ccc(C)cc2)[C@H]3c2ccc(Br)cc2)cc1. The van der Waals surface area contributed by atoms with E-state index in [2.05, 4.69) is 15.9 Å². The zero-order chi connectivity index (χ0) is 25.7. The van der Waals surface area contributed by atoms with E-state index < -0.39 is 26.1 Å². The Hall–Kier alpha value is -2.04. The van der Waals surface area contributed by atoms with Gasteiger partial charge in [0.1, 0.15) is 0 Å². The number of hydrogen-bond donors (Lipinski definition) is 0. The number of sulfonamides is 2. The van der Waals surface area contributed by atoms with Crippen LogP contribution in [0.5, 0.6) is 0 Å². The van der Waals surface area contributed by atoms with Gasteiger partial charge in [-0.25, -0.2) is 16.8 Å². The Labute approximate surface area is 222 Å². The van der Waals surface area contributed by atoms with Crippen molar-refractivity contribution in [1.29, 1.82) is 0 Å². The maximum absolute atomic E-state index is 13.9. The summed E-state index contributed by atoms with van der Waals surface area (Å²) in [5.41, 5.74) is 2.86. The fourth-order valence-electron chi connectivity index (χ4n) is 5.52. The monoisotopic (exact) mass is 588 g/mol. The van der Waals surface area contributed by atoms with E-state index in [1.165, 1.54) is 0 Å². The van der Waals surface area contributed by atoms with Gasteiger partial charge in [0.2, 0.25) is 20.0 Å². The largest absolute Gasteiger partial charge is 0.243 e. The number of halogens is 1. The van der Waals surface area contributed by atoms with Crippen molar-refractivity contribution in [2.45, 2.75) is 48.6 Å². The molecule has 2 fully saturated rings. The third kappa shape index (κ3) is 4.56. The summed E-state index contributed by atoms with van der Waals surface area (Å²) in [5.74, 6) is -0.152. The predicted molar refractivity (Wildman–Crippen MR) is 144 cm³/mol. The lowest BCUT2D eigenvalue weighted by atomic mass is 9.83. The highest BCUT2D eigenvalue weighted by atomic mass is 79.9. The summed E-state index contributed by atoms with van der Waals surface area (Å²) in [6, 6.07) is 20.8. The average Bonchev–Trinajstić information content (AvgIpc) is 3.30. The van der Waals surface area contributed by atoms with Gasteiger partial charge in [-0.15, -0.1) is 0 Å². The first-order valence-corrected chi connectivity index (χ1v) is 15.7. The van der Waals surface area contributed by atoms with E-state index in [9.17, 15) is 16.8 Å². The van der Waals surface area contributed by atoms with Gasteiger partial charge in [0.15, 0.2) is 0 Å². The van der Waals surface area contributed by atoms with E-state index in [1.54, 1.807) is 45.0 Å². The molecule has 2 aliphatic heterocycles. The Morgan fingerprint density at radius 2 is 1.14 bits per heavy atom. The number of benzene rings is 3. The zero-order valence-electron chi connectivity index (χ0n) is 20.2. The van der Waals surface area contributed by atoms with E-state index in [0.29, 0.717) is 19.4 Å². The van der Waals surface area contributed by atoms with Crippen LogP contribution >= 0.6 is 15.9 Å². The summed E-state index contributed by atoms with van der Waals surface area (Å²) in [6.45, 7) is 4.47. The van der Waals surface area contributed by atoms with Gasteiger partial charge in [0.05, 0.1) is 15.8 Å². The fraction of sp³-hybridized carbons (Fsp3) is 0.333. The predicted octanol–water partition coefficient (Wildman–Crippen LogP) is 5.28. The van der Waals surface area contributed by atoms with Gasteiger partial charge >= 0.3 is 0 Å². The number of hydrogen-bond acceptors (Lipinski definition) is 4. The highest BCUT2D eigenvalue weighted by Gasteiger charge is 2.51. The Balaban J connectivity index is 1.54. The second kappa shape index (κ2) is 9.68. The van der Waals surface area contributed by atoms with Crippen LogP contribution in [0.2, 0.25) is 0 Å². The maximum atomic E-state index is 13.9. The Bertz CT molecular complexity index is 1460. The molecule has 3 aromatic carbocycles. The van der Waals surface area contributed by atoms with E-state index >= 15 is 0 Å². The lowest BCUT2D eigenvalue weighted by molar-refractivity contribution is 0.139. The molecular weight excluding hydrogens is 560 g/mol. The molecule has 0 aliphatic carbocycles. The van der Waals surface area contributed by atoms with Gasteiger partial charge in [-0.1, -0.05) is 63.5 Å². The van der Waals surface area contributed by atoms with Crippen molar-refractivity contribution in [1.82, 2.24) is 8.61 Å². The quantitative estimate of drug-likeness (QED) is 0.406. The van der Waals surface area contributed by atoms with E-state index in [1.807, 2.05) is 50.2 Å². The number of rotatable bonds is 5. The number of piperidine rings is 1. The van der Waals surface area contributed by atoms with Crippen LogP contribution in [0.25, 0.3) is 0 Å². The van der Waals surface area contributed by atoms with Gasteiger partial charge in [-0.05, 0) is 74.6 Å².